The molecule has 44 heavy (non-hydrogen) atoms. The zero-order valence-corrected chi connectivity index (χ0v) is 26.5. The Morgan fingerprint density at radius 3 is 2.52 bits per heavy atom. The lowest BCUT2D eigenvalue weighted by molar-refractivity contribution is -0.192. The molecule has 4 aliphatic rings. The van der Waals surface area contributed by atoms with Gasteiger partial charge in [0.05, 0.1) is 23.7 Å². The van der Waals surface area contributed by atoms with Gasteiger partial charge in [0, 0.05) is 35.5 Å². The first-order valence-corrected chi connectivity index (χ1v) is 16.7. The number of aryl methyl sites for hydroxylation is 1. The van der Waals surface area contributed by atoms with E-state index >= 15 is 0 Å². The Hall–Kier alpha value is -2.25. The predicted octanol–water partition coefficient (Wildman–Crippen LogP) is 4.46. The highest BCUT2D eigenvalue weighted by molar-refractivity contribution is 8.26. The SMILES string of the molecule is O=C1/C(=C/c2oc(-c3ccc(Cl)cc3)cc2CCCCOC(=O)C2(O)C[C@@H](O)C(O)[C@H](O)C2)SC(=S)N1C1CC2CCC1C2. The number of aliphatic hydroxyl groups excluding tert-OH is 3. The molecule has 2 aromatic rings. The summed E-state index contributed by atoms with van der Waals surface area (Å²) < 4.78 is 12.2. The van der Waals surface area contributed by atoms with Crippen LogP contribution in [0, 0.1) is 11.8 Å². The Kier molecular flexibility index (Phi) is 9.27. The van der Waals surface area contributed by atoms with Crippen LogP contribution >= 0.6 is 35.6 Å². The summed E-state index contributed by atoms with van der Waals surface area (Å²) in [6.45, 7) is 0.0231. The number of amides is 1. The number of benzene rings is 1. The Bertz CT molecular complexity index is 1450. The van der Waals surface area contributed by atoms with Crippen molar-refractivity contribution < 1.29 is 39.2 Å². The van der Waals surface area contributed by atoms with Crippen molar-refractivity contribution in [3.8, 4) is 11.3 Å². The number of thioether (sulfide) groups is 1. The average Bonchev–Trinajstić information content (AvgIpc) is 3.77. The molecule has 0 radical (unpaired) electrons. The molecule has 6 rings (SSSR count). The molecule has 5 atom stereocenters. The fraction of sp³-hybridized carbons (Fsp3) is 0.531. The molecule has 236 valence electrons. The summed E-state index contributed by atoms with van der Waals surface area (Å²) in [4.78, 5) is 28.5. The van der Waals surface area contributed by atoms with Crippen molar-refractivity contribution in [2.75, 3.05) is 6.61 Å². The maximum absolute atomic E-state index is 13.6. The van der Waals surface area contributed by atoms with E-state index in [0.717, 1.165) is 24.0 Å². The Labute approximate surface area is 270 Å². The highest BCUT2D eigenvalue weighted by Crippen LogP contribution is 2.49. The highest BCUT2D eigenvalue weighted by Gasteiger charge is 2.50. The van der Waals surface area contributed by atoms with Crippen LogP contribution in [0.2, 0.25) is 5.02 Å². The number of aliphatic hydroxyl groups is 4. The average molecular weight is 662 g/mol. The van der Waals surface area contributed by atoms with Crippen molar-refractivity contribution in [2.45, 2.75) is 87.7 Å². The van der Waals surface area contributed by atoms with Crippen LogP contribution in [0.3, 0.4) is 0 Å². The lowest BCUT2D eigenvalue weighted by Crippen LogP contribution is -2.56. The molecule has 3 saturated carbocycles. The first-order chi connectivity index (χ1) is 21.0. The maximum Gasteiger partial charge on any atom is 0.338 e. The molecule has 1 aromatic carbocycles. The number of esters is 1. The summed E-state index contributed by atoms with van der Waals surface area (Å²) in [5, 5.41) is 40.7. The van der Waals surface area contributed by atoms with Gasteiger partial charge in [0.25, 0.3) is 5.91 Å². The normalized spacial score (nSPS) is 32.7. The van der Waals surface area contributed by atoms with Gasteiger partial charge in [0.2, 0.25) is 0 Å². The van der Waals surface area contributed by atoms with Gasteiger partial charge < -0.3 is 29.6 Å². The topological polar surface area (TPSA) is 141 Å². The van der Waals surface area contributed by atoms with Crippen LogP contribution in [-0.2, 0) is 20.7 Å². The highest BCUT2D eigenvalue weighted by atomic mass is 35.5. The summed E-state index contributed by atoms with van der Waals surface area (Å²) in [7, 11) is 0. The molecule has 2 bridgehead atoms. The van der Waals surface area contributed by atoms with Crippen molar-refractivity contribution >= 4 is 57.9 Å². The molecule has 1 aliphatic heterocycles. The summed E-state index contributed by atoms with van der Waals surface area (Å²) in [6, 6.07) is 9.42. The number of carbonyl (C=O) groups is 2. The van der Waals surface area contributed by atoms with Crippen LogP contribution < -0.4 is 0 Å². The van der Waals surface area contributed by atoms with Gasteiger partial charge in [0.1, 0.15) is 21.9 Å². The zero-order valence-electron chi connectivity index (χ0n) is 24.1. The van der Waals surface area contributed by atoms with Gasteiger partial charge in [-0.3, -0.25) is 9.69 Å². The number of carbonyl (C=O) groups excluding carboxylic acids is 2. The van der Waals surface area contributed by atoms with Gasteiger partial charge >= 0.3 is 5.97 Å². The van der Waals surface area contributed by atoms with E-state index in [1.54, 1.807) is 18.2 Å². The molecule has 2 heterocycles. The number of furan rings is 1. The molecule has 12 heteroatoms. The molecule has 9 nitrogen and oxygen atoms in total. The minimum Gasteiger partial charge on any atom is -0.464 e. The smallest absolute Gasteiger partial charge is 0.338 e. The number of ether oxygens (including phenoxy) is 1. The number of fused-ring (bicyclic) bond motifs is 2. The second-order valence-corrected chi connectivity index (χ2v) is 14.6. The largest absolute Gasteiger partial charge is 0.464 e. The minimum atomic E-state index is -2.06. The second-order valence-electron chi connectivity index (χ2n) is 12.5. The minimum absolute atomic E-state index is 0.0231. The molecule has 4 N–H and O–H groups in total. The number of unbranched alkanes of at least 4 members (excludes halogenated alkanes) is 1. The standard InChI is InChI=1S/C32H36ClNO8S2/c33-21-8-6-18(7-9-21)25-13-20(3-1-2-10-41-30(39)32(40)15-23(35)28(37)24(36)16-32)26(42-25)14-27-29(38)34(31(43)44-27)22-12-17-4-5-19(22)11-17/h6-9,13-14,17,19,22-24,28,35-37,40H,1-5,10-12,15-16H2/b27-14-/t17?,19?,22?,23-,24-,28?,32?/m1/s1. The summed E-state index contributed by atoms with van der Waals surface area (Å²) in [5.41, 5.74) is -0.334. The lowest BCUT2D eigenvalue weighted by Gasteiger charge is -2.38. The third-order valence-corrected chi connectivity index (χ3v) is 11.0. The van der Waals surface area contributed by atoms with E-state index in [1.807, 2.05) is 23.1 Å². The van der Waals surface area contributed by atoms with Gasteiger partial charge in [-0.05, 0) is 86.3 Å². The third kappa shape index (κ3) is 6.38. The van der Waals surface area contributed by atoms with E-state index in [2.05, 4.69) is 0 Å². The van der Waals surface area contributed by atoms with E-state index in [-0.39, 0.29) is 18.6 Å². The summed E-state index contributed by atoms with van der Waals surface area (Å²) in [6.07, 6.45) is 2.92. The van der Waals surface area contributed by atoms with Gasteiger partial charge in [-0.1, -0.05) is 42.0 Å². The van der Waals surface area contributed by atoms with Gasteiger partial charge in [-0.15, -0.1) is 0 Å². The number of hydrogen-bond acceptors (Lipinski definition) is 10. The van der Waals surface area contributed by atoms with E-state index in [4.69, 9.17) is 33.0 Å². The van der Waals surface area contributed by atoms with Crippen LogP contribution in [0.5, 0.6) is 0 Å². The van der Waals surface area contributed by atoms with Crippen molar-refractivity contribution in [1.29, 1.82) is 0 Å². The molecular weight excluding hydrogens is 626 g/mol. The van der Waals surface area contributed by atoms with E-state index < -0.39 is 42.7 Å². The van der Waals surface area contributed by atoms with Crippen LogP contribution in [0.4, 0.5) is 0 Å². The Balaban J connectivity index is 1.13. The van der Waals surface area contributed by atoms with Crippen LogP contribution in [0.1, 0.15) is 62.7 Å². The van der Waals surface area contributed by atoms with E-state index in [9.17, 15) is 30.0 Å². The molecule has 3 unspecified atom stereocenters. The van der Waals surface area contributed by atoms with Crippen LogP contribution in [0.25, 0.3) is 17.4 Å². The fourth-order valence-corrected chi connectivity index (χ4v) is 8.56. The monoisotopic (exact) mass is 661 g/mol. The number of thiocarbonyl (C=S) groups is 1. The van der Waals surface area contributed by atoms with Crippen molar-refractivity contribution in [3.05, 3.63) is 51.6 Å². The van der Waals surface area contributed by atoms with Crippen LogP contribution in [-0.4, -0.2) is 78.1 Å². The molecular formula is C32H36ClNO8S2. The Morgan fingerprint density at radius 2 is 1.86 bits per heavy atom. The first-order valence-electron chi connectivity index (χ1n) is 15.1. The molecule has 0 spiro atoms. The predicted molar refractivity (Wildman–Crippen MR) is 170 cm³/mol. The number of rotatable bonds is 9. The van der Waals surface area contributed by atoms with Gasteiger partial charge in [0.15, 0.2) is 5.60 Å². The third-order valence-electron chi connectivity index (χ3n) is 9.42. The number of halogens is 1. The lowest BCUT2D eigenvalue weighted by atomic mass is 9.80. The quantitative estimate of drug-likeness (QED) is 0.132. The van der Waals surface area contributed by atoms with E-state index in [0.29, 0.717) is 56.9 Å². The van der Waals surface area contributed by atoms with Gasteiger partial charge in [-0.2, -0.15) is 0 Å². The second kappa shape index (κ2) is 12.9. The number of nitrogens with zero attached hydrogens (tertiary/aromatic N) is 1. The van der Waals surface area contributed by atoms with E-state index in [1.165, 1.54) is 24.6 Å². The molecule has 4 fully saturated rings. The van der Waals surface area contributed by atoms with Crippen LogP contribution in [0.15, 0.2) is 39.7 Å². The Morgan fingerprint density at radius 1 is 1.14 bits per heavy atom. The molecule has 1 aromatic heterocycles. The molecule has 1 saturated heterocycles. The molecule has 1 amide bonds. The van der Waals surface area contributed by atoms with Crippen molar-refractivity contribution in [1.82, 2.24) is 4.90 Å². The first kappa shape index (κ1) is 31.7. The zero-order chi connectivity index (χ0) is 31.2. The summed E-state index contributed by atoms with van der Waals surface area (Å²) >= 11 is 13.1. The van der Waals surface area contributed by atoms with Crippen molar-refractivity contribution in [3.63, 3.8) is 0 Å². The fourth-order valence-electron chi connectivity index (χ4n) is 7.09. The van der Waals surface area contributed by atoms with Gasteiger partial charge in [-0.25, -0.2) is 4.79 Å². The molecule has 3 aliphatic carbocycles. The van der Waals surface area contributed by atoms with Crippen molar-refractivity contribution in [2.24, 2.45) is 11.8 Å². The maximum atomic E-state index is 13.6. The number of hydrogen-bond donors (Lipinski definition) is 4. The summed E-state index contributed by atoms with van der Waals surface area (Å²) in [5.74, 6) is 1.41.